The molecule has 8 rings (SSSR count). The van der Waals surface area contributed by atoms with Crippen molar-refractivity contribution in [1.29, 1.82) is 5.26 Å². The minimum Gasteiger partial charge on any atom is -0.756 e. The fourth-order valence-electron chi connectivity index (χ4n) is 15.3. The monoisotopic (exact) mass is 1350 g/mol. The summed E-state index contributed by atoms with van der Waals surface area (Å²) < 4.78 is 31.9. The molecular weight excluding hydrogens is 1260 g/mol. The van der Waals surface area contributed by atoms with Crippen molar-refractivity contribution in [2.45, 2.75) is 189 Å². The number of hydrogen-bond acceptors (Lipinski definition) is 19. The normalized spacial score (nSPS) is 33.1. The number of nitrogens with zero attached hydrogens (tertiary/aromatic N) is 7. The Bertz CT molecular complexity index is 3600. The van der Waals surface area contributed by atoms with Gasteiger partial charge in [0.1, 0.15) is 18.3 Å². The smallest absolute Gasteiger partial charge is 0.756 e. The number of allylic oxidation sites excluding steroid dienone is 6. The van der Waals surface area contributed by atoms with E-state index in [-0.39, 0.29) is 94.2 Å². The maximum Gasteiger partial charge on any atom is 3.00 e. The Morgan fingerprint density at radius 1 is 0.806 bits per heavy atom. The van der Waals surface area contributed by atoms with Crippen molar-refractivity contribution in [1.82, 2.24) is 14.9 Å². The minimum atomic E-state index is -5.32. The topological polar surface area (TPSA) is 489 Å². The van der Waals surface area contributed by atoms with Crippen LogP contribution in [0.25, 0.3) is 16.4 Å². The Hall–Kier alpha value is -6.99. The molecule has 507 valence electrons. The van der Waals surface area contributed by atoms with Gasteiger partial charge in [-0.2, -0.15) is 5.70 Å². The fourth-order valence-corrected chi connectivity index (χ4v) is 16.4. The van der Waals surface area contributed by atoms with Crippen molar-refractivity contribution >= 4 is 77.3 Å². The minimum absolute atomic E-state index is 0. The first-order valence-electron chi connectivity index (χ1n) is 30.7. The van der Waals surface area contributed by atoms with Gasteiger partial charge < -0.3 is 90.3 Å². The molecule has 2 saturated heterocycles. The third-order valence-corrected chi connectivity index (χ3v) is 21.6. The Morgan fingerprint density at radius 3 is 1.96 bits per heavy atom. The molecule has 7 heterocycles. The molecule has 15 N–H and O–H groups in total. The van der Waals surface area contributed by atoms with Gasteiger partial charge in [-0.3, -0.25) is 53.1 Å². The van der Waals surface area contributed by atoms with E-state index >= 15 is 0 Å². The van der Waals surface area contributed by atoms with E-state index in [1.54, 1.807) is 6.92 Å². The number of aromatic nitrogens is 2. The van der Waals surface area contributed by atoms with Gasteiger partial charge in [-0.25, -0.2) is 4.98 Å². The number of amides is 7. The molecule has 6 aliphatic rings. The number of carbonyl (C=O) groups excluding carboxylic acids is 7. The number of ether oxygens (including phenoxy) is 1. The number of fused-ring (bicyclic) bond motifs is 7. The van der Waals surface area contributed by atoms with Crippen molar-refractivity contribution in [3.63, 3.8) is 0 Å². The Morgan fingerprint density at radius 2 is 1.39 bits per heavy atom. The summed E-state index contributed by atoms with van der Waals surface area (Å²) in [7, 11) is -5.32. The quantitative estimate of drug-likeness (QED) is 0.0370. The standard InChI is InChI=1S/C62H90N13O14P.CN.Fe/c1-29-20-39-40(21-30(29)2)75(28-70-39)57-52(84)53(41(27-76)87-57)89-90(85,86)88-31(3)26-69-49(83)18-19-59(8)37(22-46(66)80)56-62(11)61(10,25-48(68)82)36(14-17-45(65)79)51(74-62)33(5)55-60(9,24-47(67)81)34(12-15-43(63)77)38(71-55)23-42-58(6,7)35(13-16-44(64)78)50(72-42)32(4)54(59)73-56;1-2;/h20-21,23,28,31,34-37,41,52-53,56-57,76,84H,12-19,22,24-27H2,1-11H3,(H15,63,64,65,66,67,68,69,71,72,73,74,77,78,79,80,81,82,83,85,86);;/q;-1;+3/p-2. The SMILES string of the molecule is C/C1=C2N=C(/C=C3N=C(/C(C)=C4\[N-]C(C(CC(N)=O)C4(C)CCC(=O)NCC(C)OP(=O)([O-])OC4C(CO)OC(n5cnc6cc(C)c(C)cc65)C4O)C4(C)N=C1C(CCC(N)=O)C4(C)CC(N)=O)C(CCC(N)=O)C\3(C)C)C(CCC(N)=O)C/2(C)CC(N)=O.[C-]#N.[Fe+3]. The van der Waals surface area contributed by atoms with Crippen LogP contribution in [-0.4, -0.2) is 127 Å². The van der Waals surface area contributed by atoms with Crippen molar-refractivity contribution in [2.75, 3.05) is 13.2 Å². The van der Waals surface area contributed by atoms with Gasteiger partial charge in [0, 0.05) is 108 Å². The van der Waals surface area contributed by atoms with Crippen molar-refractivity contribution in [3.8, 4) is 0 Å². The number of aryl methyl sites for hydroxylation is 2. The maximum absolute atomic E-state index is 14.4. The number of phosphoric acid groups is 1. The second kappa shape index (κ2) is 28.5. The summed E-state index contributed by atoms with van der Waals surface area (Å²) in [6, 6.07) is 2.65. The van der Waals surface area contributed by atoms with E-state index in [1.807, 2.05) is 80.5 Å². The second-order valence-corrected chi connectivity index (χ2v) is 28.3. The van der Waals surface area contributed by atoms with Crippen LogP contribution in [0.1, 0.15) is 150 Å². The zero-order valence-electron chi connectivity index (χ0n) is 54.5. The molecule has 15 atom stereocenters. The molecular formula is C63H88FeN14O14P. The molecule has 8 bridgehead atoms. The molecule has 2 fully saturated rings. The van der Waals surface area contributed by atoms with Crippen molar-refractivity contribution in [2.24, 2.45) is 94.7 Å². The van der Waals surface area contributed by atoms with Gasteiger partial charge >= 0.3 is 17.1 Å². The van der Waals surface area contributed by atoms with Crippen LogP contribution >= 0.6 is 7.82 Å². The van der Waals surface area contributed by atoms with Gasteiger partial charge in [0.2, 0.25) is 41.4 Å². The number of primary amides is 6. The van der Waals surface area contributed by atoms with Gasteiger partial charge in [-0.15, -0.1) is 0 Å². The molecule has 1 radical (unpaired) electrons. The largest absolute Gasteiger partial charge is 3.00 e. The van der Waals surface area contributed by atoms with E-state index in [9.17, 15) is 53.2 Å². The summed E-state index contributed by atoms with van der Waals surface area (Å²) in [6.45, 7) is 23.7. The number of phosphoric ester groups is 1. The van der Waals surface area contributed by atoms with E-state index in [4.69, 9.17) is 80.3 Å². The molecule has 0 aliphatic carbocycles. The number of benzene rings is 1. The van der Waals surface area contributed by atoms with Crippen LogP contribution in [0.4, 0.5) is 0 Å². The van der Waals surface area contributed by atoms with Gasteiger partial charge in [0.15, 0.2) is 6.23 Å². The number of nitrogens with one attached hydrogen (secondary N) is 1. The molecule has 93 heavy (non-hydrogen) atoms. The van der Waals surface area contributed by atoms with Gasteiger partial charge in [-0.05, 0) is 119 Å². The molecule has 7 amide bonds. The van der Waals surface area contributed by atoms with Crippen LogP contribution in [0.15, 0.2) is 67.8 Å². The van der Waals surface area contributed by atoms with Crippen LogP contribution < -0.4 is 44.6 Å². The third kappa shape index (κ3) is 14.6. The van der Waals surface area contributed by atoms with Gasteiger partial charge in [-0.1, -0.05) is 40.7 Å². The first-order chi connectivity index (χ1) is 42.8. The van der Waals surface area contributed by atoms with Crippen LogP contribution in [0.5, 0.6) is 0 Å². The number of imidazole rings is 1. The summed E-state index contributed by atoms with van der Waals surface area (Å²) in [6.07, 6.45) is -4.79. The van der Waals surface area contributed by atoms with E-state index < -0.39 is 143 Å². The van der Waals surface area contributed by atoms with Gasteiger partial charge in [0.25, 0.3) is 7.82 Å². The fraction of sp³-hybridized carbons (Fsp3) is 0.619. The van der Waals surface area contributed by atoms with Crippen molar-refractivity contribution in [3.05, 3.63) is 75.8 Å². The summed E-state index contributed by atoms with van der Waals surface area (Å²) in [5, 5.41) is 36.4. The molecule has 6 aliphatic heterocycles. The zero-order chi connectivity index (χ0) is 68.7. The van der Waals surface area contributed by atoms with Crippen LogP contribution in [0.2, 0.25) is 0 Å². The van der Waals surface area contributed by atoms with E-state index in [0.717, 1.165) is 11.1 Å². The number of carbonyl (C=O) groups is 7. The van der Waals surface area contributed by atoms with Crippen LogP contribution in [0.3, 0.4) is 0 Å². The van der Waals surface area contributed by atoms with Gasteiger partial charge in [0.05, 0.1) is 41.3 Å². The molecule has 2 aromatic rings. The van der Waals surface area contributed by atoms with E-state index in [0.29, 0.717) is 56.4 Å². The predicted molar refractivity (Wildman–Crippen MR) is 337 cm³/mol. The Kier molecular flexibility index (Phi) is 23.0. The molecule has 1 aromatic carbocycles. The number of rotatable bonds is 26. The van der Waals surface area contributed by atoms with E-state index in [1.165, 1.54) is 17.8 Å². The molecule has 1 aromatic heterocycles. The first-order valence-corrected chi connectivity index (χ1v) is 32.2. The Balaban J connectivity index is 0.00000453. The van der Waals surface area contributed by atoms with E-state index in [2.05, 4.69) is 10.3 Å². The molecule has 30 heteroatoms. The molecule has 0 saturated carbocycles. The zero-order valence-corrected chi connectivity index (χ0v) is 56.5. The second-order valence-electron chi connectivity index (χ2n) is 27.0. The Labute approximate surface area is 551 Å². The number of hydrogen-bond donors (Lipinski definition) is 9. The number of aliphatic hydroxyl groups excluding tert-OH is 2. The molecule has 28 nitrogen and oxygen atoms in total. The summed E-state index contributed by atoms with van der Waals surface area (Å²) in [4.78, 5) is 128. The van der Waals surface area contributed by atoms with Crippen LogP contribution in [0, 0.1) is 71.0 Å². The predicted octanol–water partition coefficient (Wildman–Crippen LogP) is 3.41. The summed E-state index contributed by atoms with van der Waals surface area (Å²) >= 11 is 0. The maximum atomic E-state index is 14.4. The number of aliphatic hydroxyl groups is 2. The summed E-state index contributed by atoms with van der Waals surface area (Å²) in [5.74, 6) is -7.40. The first kappa shape index (κ1) is 75.0. The summed E-state index contributed by atoms with van der Waals surface area (Å²) in [5.41, 5.74) is 36.7. The van der Waals surface area contributed by atoms with Crippen LogP contribution in [-0.2, 0) is 69.0 Å². The molecule has 15 unspecified atom stereocenters. The van der Waals surface area contributed by atoms with Crippen molar-refractivity contribution < 1.29 is 84.1 Å². The third-order valence-electron chi connectivity index (χ3n) is 20.5. The number of nitrogens with two attached hydrogens (primary N) is 6. The average molecular weight is 1350 g/mol. The average Bonchev–Trinajstić information content (AvgIpc) is 1.53. The number of aliphatic imine (C=N–C) groups is 3. The molecule has 0 spiro atoms.